The van der Waals surface area contributed by atoms with Gasteiger partial charge in [0.15, 0.2) is 11.6 Å². The Kier molecular flexibility index (Phi) is 4.59. The van der Waals surface area contributed by atoms with Crippen molar-refractivity contribution in [1.29, 1.82) is 5.41 Å². The minimum Gasteiger partial charge on any atom is -0.388 e. The third kappa shape index (κ3) is 3.48. The van der Waals surface area contributed by atoms with Gasteiger partial charge in [-0.2, -0.15) is 4.31 Å². The molecule has 5 nitrogen and oxygen atoms in total. The Balaban J connectivity index is 3.09. The number of amidine groups is 1. The van der Waals surface area contributed by atoms with Gasteiger partial charge in [0.2, 0.25) is 10.0 Å². The fraction of sp³-hybridized carbons (Fsp3) is 0.364. The molecule has 106 valence electrons. The molecule has 0 aliphatic carbocycles. The summed E-state index contributed by atoms with van der Waals surface area (Å²) in [6.45, 7) is 1.57. The van der Waals surface area contributed by atoms with E-state index in [1.807, 2.05) is 0 Å². The normalized spacial score (nSPS) is 13.5. The Morgan fingerprint density at radius 1 is 1.42 bits per heavy atom. The maximum Gasteiger partial charge on any atom is 0.243 e. The summed E-state index contributed by atoms with van der Waals surface area (Å²) < 4.78 is 51.1. The molecule has 0 radical (unpaired) electrons. The summed E-state index contributed by atoms with van der Waals surface area (Å²) in [7, 11) is -2.65. The van der Waals surface area contributed by atoms with E-state index in [4.69, 9.17) is 11.1 Å². The molecule has 0 saturated heterocycles. The quantitative estimate of drug-likeness (QED) is 0.633. The zero-order valence-electron chi connectivity index (χ0n) is 10.5. The molecule has 0 bridgehead atoms. The van der Waals surface area contributed by atoms with Gasteiger partial charge in [0.05, 0.1) is 10.7 Å². The molecule has 1 aromatic carbocycles. The van der Waals surface area contributed by atoms with Crippen molar-refractivity contribution in [3.05, 3.63) is 29.8 Å². The van der Waals surface area contributed by atoms with Crippen LogP contribution in [0.5, 0.6) is 0 Å². The van der Waals surface area contributed by atoms with Crippen LogP contribution >= 0.6 is 0 Å². The maximum atomic E-state index is 13.1. The van der Waals surface area contributed by atoms with E-state index < -0.39 is 27.7 Å². The predicted octanol–water partition coefficient (Wildman–Crippen LogP) is 1.30. The van der Waals surface area contributed by atoms with E-state index in [1.165, 1.54) is 7.05 Å². The summed E-state index contributed by atoms with van der Waals surface area (Å²) in [5, 5.41) is 7.14. The maximum absolute atomic E-state index is 13.1. The van der Waals surface area contributed by atoms with Crippen molar-refractivity contribution in [2.24, 2.45) is 5.73 Å². The van der Waals surface area contributed by atoms with Gasteiger partial charge in [0, 0.05) is 19.5 Å². The lowest BCUT2D eigenvalue weighted by atomic mass is 10.2. The van der Waals surface area contributed by atoms with Crippen LogP contribution in [0.4, 0.5) is 8.78 Å². The molecular weight excluding hydrogens is 276 g/mol. The monoisotopic (exact) mass is 291 g/mol. The third-order valence-corrected chi connectivity index (χ3v) is 4.67. The fourth-order valence-corrected chi connectivity index (χ4v) is 2.86. The van der Waals surface area contributed by atoms with Crippen LogP contribution in [-0.2, 0) is 10.0 Å². The van der Waals surface area contributed by atoms with Gasteiger partial charge in [0.1, 0.15) is 0 Å². The number of hydrogen-bond acceptors (Lipinski definition) is 3. The lowest BCUT2D eigenvalue weighted by Gasteiger charge is -2.23. The first kappa shape index (κ1) is 15.5. The van der Waals surface area contributed by atoms with E-state index >= 15 is 0 Å². The lowest BCUT2D eigenvalue weighted by Crippen LogP contribution is -2.37. The predicted molar refractivity (Wildman–Crippen MR) is 67.3 cm³/mol. The summed E-state index contributed by atoms with van der Waals surface area (Å²) in [6.07, 6.45) is 0.0550. The second-order valence-corrected chi connectivity index (χ2v) is 6.17. The Labute approximate surface area is 110 Å². The van der Waals surface area contributed by atoms with Gasteiger partial charge in [-0.3, -0.25) is 5.41 Å². The average molecular weight is 291 g/mol. The van der Waals surface area contributed by atoms with Crippen molar-refractivity contribution in [3.63, 3.8) is 0 Å². The Hall–Kier alpha value is -1.54. The summed E-state index contributed by atoms with van der Waals surface area (Å²) in [5.41, 5.74) is 5.21. The molecule has 19 heavy (non-hydrogen) atoms. The van der Waals surface area contributed by atoms with Gasteiger partial charge in [-0.1, -0.05) is 0 Å². The van der Waals surface area contributed by atoms with Crippen LogP contribution in [0.2, 0.25) is 0 Å². The van der Waals surface area contributed by atoms with E-state index in [0.29, 0.717) is 6.07 Å². The van der Waals surface area contributed by atoms with E-state index in [1.54, 1.807) is 6.92 Å². The Bertz CT molecular complexity index is 590. The zero-order valence-corrected chi connectivity index (χ0v) is 11.3. The van der Waals surface area contributed by atoms with Gasteiger partial charge >= 0.3 is 0 Å². The summed E-state index contributed by atoms with van der Waals surface area (Å²) in [5.74, 6) is -2.49. The molecule has 0 spiro atoms. The van der Waals surface area contributed by atoms with Crippen LogP contribution in [0, 0.1) is 17.0 Å². The summed E-state index contributed by atoms with van der Waals surface area (Å²) in [6, 6.07) is 1.81. The van der Waals surface area contributed by atoms with Gasteiger partial charge in [-0.05, 0) is 25.1 Å². The number of nitrogens with two attached hydrogens (primary N) is 1. The van der Waals surface area contributed by atoms with Crippen molar-refractivity contribution >= 4 is 15.9 Å². The molecular formula is C11H15F2N3O2S. The van der Waals surface area contributed by atoms with Gasteiger partial charge < -0.3 is 5.73 Å². The topological polar surface area (TPSA) is 87.2 Å². The smallest absolute Gasteiger partial charge is 0.243 e. The second-order valence-electron chi connectivity index (χ2n) is 4.18. The van der Waals surface area contributed by atoms with E-state index in [-0.39, 0.29) is 17.2 Å². The molecule has 0 saturated carbocycles. The number of halogens is 2. The first-order valence-electron chi connectivity index (χ1n) is 5.42. The van der Waals surface area contributed by atoms with Crippen molar-refractivity contribution < 1.29 is 17.2 Å². The van der Waals surface area contributed by atoms with Crippen LogP contribution in [0.25, 0.3) is 0 Å². The fourth-order valence-electron chi connectivity index (χ4n) is 1.49. The van der Waals surface area contributed by atoms with E-state index in [9.17, 15) is 17.2 Å². The zero-order chi connectivity index (χ0) is 14.8. The van der Waals surface area contributed by atoms with Gasteiger partial charge in [-0.25, -0.2) is 17.2 Å². The van der Waals surface area contributed by atoms with Crippen molar-refractivity contribution in [3.8, 4) is 0 Å². The highest BCUT2D eigenvalue weighted by Gasteiger charge is 2.26. The average Bonchev–Trinajstić information content (AvgIpc) is 2.30. The highest BCUT2D eigenvalue weighted by molar-refractivity contribution is 7.89. The number of hydrogen-bond donors (Lipinski definition) is 2. The number of benzene rings is 1. The molecule has 0 amide bonds. The standard InChI is InChI=1S/C11H15F2N3O2S/c1-7(5-11(14)15)16(2)19(17,18)8-3-4-9(12)10(13)6-8/h3-4,6-7H,5H2,1-2H3,(H3,14,15). The van der Waals surface area contributed by atoms with Crippen molar-refractivity contribution in [2.45, 2.75) is 24.3 Å². The molecule has 8 heteroatoms. The first-order chi connectivity index (χ1) is 8.66. The number of sulfonamides is 1. The molecule has 0 aromatic heterocycles. The molecule has 1 aromatic rings. The molecule has 1 rings (SSSR count). The van der Waals surface area contributed by atoms with Crippen LogP contribution < -0.4 is 5.73 Å². The van der Waals surface area contributed by atoms with Crippen LogP contribution in [-0.4, -0.2) is 31.6 Å². The van der Waals surface area contributed by atoms with Crippen LogP contribution in [0.1, 0.15) is 13.3 Å². The minimum absolute atomic E-state index is 0.0550. The molecule has 0 heterocycles. The number of nitrogens with one attached hydrogen (secondary N) is 1. The Morgan fingerprint density at radius 2 is 2.00 bits per heavy atom. The van der Waals surface area contributed by atoms with Gasteiger partial charge in [-0.15, -0.1) is 0 Å². The second kappa shape index (κ2) is 5.62. The molecule has 0 aliphatic rings. The molecule has 0 fully saturated rings. The van der Waals surface area contributed by atoms with E-state index in [2.05, 4.69) is 0 Å². The minimum atomic E-state index is -3.95. The summed E-state index contributed by atoms with van der Waals surface area (Å²) in [4.78, 5) is -0.343. The molecule has 1 atom stereocenters. The highest BCUT2D eigenvalue weighted by Crippen LogP contribution is 2.19. The Morgan fingerprint density at radius 3 is 2.47 bits per heavy atom. The van der Waals surface area contributed by atoms with Crippen LogP contribution in [0.15, 0.2) is 23.1 Å². The number of rotatable bonds is 5. The van der Waals surface area contributed by atoms with Crippen molar-refractivity contribution in [2.75, 3.05) is 7.05 Å². The molecule has 3 N–H and O–H groups in total. The van der Waals surface area contributed by atoms with Crippen LogP contribution in [0.3, 0.4) is 0 Å². The lowest BCUT2D eigenvalue weighted by molar-refractivity contribution is 0.395. The van der Waals surface area contributed by atoms with Crippen molar-refractivity contribution in [1.82, 2.24) is 4.31 Å². The highest BCUT2D eigenvalue weighted by atomic mass is 32.2. The SMILES string of the molecule is CC(CC(=N)N)N(C)S(=O)(=O)c1ccc(F)c(F)c1. The van der Waals surface area contributed by atoms with E-state index in [0.717, 1.165) is 16.4 Å². The molecule has 0 aliphatic heterocycles. The van der Waals surface area contributed by atoms with Gasteiger partial charge in [0.25, 0.3) is 0 Å². The molecule has 1 unspecified atom stereocenters. The largest absolute Gasteiger partial charge is 0.388 e. The third-order valence-electron chi connectivity index (χ3n) is 2.70. The first-order valence-corrected chi connectivity index (χ1v) is 6.86. The number of nitrogens with zero attached hydrogens (tertiary/aromatic N) is 1. The summed E-state index contributed by atoms with van der Waals surface area (Å²) >= 11 is 0.